The number of nitrogens with zero attached hydrogens (tertiary/aromatic N) is 2. The maximum Gasteiger partial charge on any atom is 0.225 e. The van der Waals surface area contributed by atoms with Crippen LogP contribution in [0.15, 0.2) is 0 Å². The summed E-state index contributed by atoms with van der Waals surface area (Å²) in [4.78, 5) is 12.8. The van der Waals surface area contributed by atoms with Gasteiger partial charge in [-0.1, -0.05) is 18.5 Å². The molecule has 4 aliphatic carbocycles. The average molecular weight is 350 g/mol. The van der Waals surface area contributed by atoms with Gasteiger partial charge in [0.2, 0.25) is 5.91 Å². The lowest BCUT2D eigenvalue weighted by Crippen LogP contribution is -2.60. The molecule has 0 spiro atoms. The highest BCUT2D eigenvalue weighted by atomic mass is 35.5. The molecule has 4 nitrogen and oxygen atoms in total. The normalized spacial score (nSPS) is 35.2. The van der Waals surface area contributed by atoms with Crippen molar-refractivity contribution in [3.05, 3.63) is 16.4 Å². The van der Waals surface area contributed by atoms with E-state index in [0.29, 0.717) is 11.6 Å². The fourth-order valence-electron chi connectivity index (χ4n) is 5.84. The van der Waals surface area contributed by atoms with Crippen LogP contribution in [0.4, 0.5) is 0 Å². The molecule has 5 heteroatoms. The van der Waals surface area contributed by atoms with Gasteiger partial charge in [0.25, 0.3) is 0 Å². The predicted molar refractivity (Wildman–Crippen MR) is 94.9 cm³/mol. The van der Waals surface area contributed by atoms with Crippen molar-refractivity contribution in [3.8, 4) is 0 Å². The molecule has 0 saturated heterocycles. The summed E-state index contributed by atoms with van der Waals surface area (Å²) in [6.45, 7) is 6.47. The smallest absolute Gasteiger partial charge is 0.225 e. The summed E-state index contributed by atoms with van der Waals surface area (Å²) < 4.78 is 1.88. The Hall–Kier alpha value is -1.03. The number of aromatic nitrogens is 2. The van der Waals surface area contributed by atoms with Gasteiger partial charge in [-0.2, -0.15) is 5.10 Å². The Balaban J connectivity index is 1.43. The highest BCUT2D eigenvalue weighted by molar-refractivity contribution is 6.31. The lowest BCUT2D eigenvalue weighted by atomic mass is 9.53. The Labute approximate surface area is 149 Å². The lowest BCUT2D eigenvalue weighted by Gasteiger charge is -2.57. The van der Waals surface area contributed by atoms with Gasteiger partial charge in [-0.05, 0) is 70.1 Å². The number of aryl methyl sites for hydroxylation is 1. The molecule has 5 rings (SSSR count). The van der Waals surface area contributed by atoms with Gasteiger partial charge >= 0.3 is 0 Å². The molecule has 4 fully saturated rings. The Morgan fingerprint density at radius 2 is 1.79 bits per heavy atom. The third kappa shape index (κ3) is 2.77. The number of hydrogen-bond acceptors (Lipinski definition) is 2. The number of carbonyl (C=O) groups is 1. The van der Waals surface area contributed by atoms with Crippen LogP contribution in [-0.4, -0.2) is 21.2 Å². The topological polar surface area (TPSA) is 46.9 Å². The second kappa shape index (κ2) is 5.76. The van der Waals surface area contributed by atoms with Crippen molar-refractivity contribution < 1.29 is 4.79 Å². The summed E-state index contributed by atoms with van der Waals surface area (Å²) >= 11 is 6.22. The third-order valence-electron chi connectivity index (χ3n) is 6.61. The fourth-order valence-corrected chi connectivity index (χ4v) is 5.98. The molecule has 0 aromatic carbocycles. The van der Waals surface area contributed by atoms with Crippen LogP contribution in [0.1, 0.15) is 56.8 Å². The summed E-state index contributed by atoms with van der Waals surface area (Å²) in [5, 5.41) is 8.65. The molecule has 1 N–H and O–H groups in total. The minimum absolute atomic E-state index is 0.0901. The summed E-state index contributed by atoms with van der Waals surface area (Å²) in [7, 11) is 0. The molecule has 132 valence electrons. The monoisotopic (exact) mass is 349 g/mol. The van der Waals surface area contributed by atoms with Gasteiger partial charge in [0, 0.05) is 5.54 Å². The van der Waals surface area contributed by atoms with E-state index in [2.05, 4.69) is 10.4 Å². The quantitative estimate of drug-likeness (QED) is 0.896. The van der Waals surface area contributed by atoms with Crippen molar-refractivity contribution >= 4 is 17.5 Å². The molecule has 1 amide bonds. The molecule has 1 atom stereocenters. The van der Waals surface area contributed by atoms with E-state index in [-0.39, 0.29) is 17.4 Å². The molecule has 24 heavy (non-hydrogen) atoms. The number of rotatable bonds is 4. The van der Waals surface area contributed by atoms with E-state index < -0.39 is 0 Å². The maximum atomic E-state index is 12.8. The molecule has 1 heterocycles. The SMILES string of the molecule is Cc1nn(CC(C)C(=O)NC23CC4CC(CC(C4)C2)C3)c(C)c1Cl. The first-order valence-corrected chi connectivity index (χ1v) is 9.74. The predicted octanol–water partition coefficient (Wildman–Crippen LogP) is 3.87. The number of amides is 1. The fraction of sp³-hybridized carbons (Fsp3) is 0.789. The summed E-state index contributed by atoms with van der Waals surface area (Å²) in [6.07, 6.45) is 7.79. The summed E-state index contributed by atoms with van der Waals surface area (Å²) in [5.74, 6) is 2.64. The van der Waals surface area contributed by atoms with Crippen LogP contribution < -0.4 is 5.32 Å². The van der Waals surface area contributed by atoms with Gasteiger partial charge in [-0.15, -0.1) is 0 Å². The van der Waals surface area contributed by atoms with Gasteiger partial charge in [0.15, 0.2) is 0 Å². The largest absolute Gasteiger partial charge is 0.350 e. The molecule has 1 aromatic heterocycles. The zero-order valence-corrected chi connectivity index (χ0v) is 15.7. The van der Waals surface area contributed by atoms with Gasteiger partial charge < -0.3 is 5.32 Å². The molecule has 1 unspecified atom stereocenters. The number of nitrogens with one attached hydrogen (secondary N) is 1. The molecule has 0 radical (unpaired) electrons. The Kier molecular flexibility index (Phi) is 3.94. The van der Waals surface area contributed by atoms with Crippen LogP contribution in [0.2, 0.25) is 5.02 Å². The highest BCUT2D eigenvalue weighted by Crippen LogP contribution is 2.55. The zero-order valence-electron chi connectivity index (χ0n) is 14.9. The maximum absolute atomic E-state index is 12.8. The molecule has 4 bridgehead atoms. The Morgan fingerprint density at radius 3 is 2.25 bits per heavy atom. The van der Waals surface area contributed by atoms with Crippen molar-refractivity contribution in [1.82, 2.24) is 15.1 Å². The van der Waals surface area contributed by atoms with Crippen molar-refractivity contribution in [3.63, 3.8) is 0 Å². The molecule has 4 saturated carbocycles. The van der Waals surface area contributed by atoms with Crippen LogP contribution in [-0.2, 0) is 11.3 Å². The van der Waals surface area contributed by atoms with E-state index in [1.165, 1.54) is 38.5 Å². The van der Waals surface area contributed by atoms with Crippen molar-refractivity contribution in [1.29, 1.82) is 0 Å². The number of carbonyl (C=O) groups excluding carboxylic acids is 1. The first-order valence-electron chi connectivity index (χ1n) is 9.37. The Bertz CT molecular complexity index is 631. The molecular formula is C19H28ClN3O. The summed E-state index contributed by atoms with van der Waals surface area (Å²) in [6, 6.07) is 0. The first-order chi connectivity index (χ1) is 11.3. The van der Waals surface area contributed by atoms with Gasteiger partial charge in [0.05, 0.1) is 28.9 Å². The second-order valence-corrected chi connectivity index (χ2v) is 9.13. The van der Waals surface area contributed by atoms with Crippen LogP contribution in [0, 0.1) is 37.5 Å². The molecular weight excluding hydrogens is 322 g/mol. The minimum atomic E-state index is -0.0907. The molecule has 0 aliphatic heterocycles. The van der Waals surface area contributed by atoms with Gasteiger partial charge in [0.1, 0.15) is 0 Å². The number of hydrogen-bond donors (Lipinski definition) is 1. The minimum Gasteiger partial charge on any atom is -0.350 e. The van der Waals surface area contributed by atoms with Crippen LogP contribution in [0.3, 0.4) is 0 Å². The van der Waals surface area contributed by atoms with Gasteiger partial charge in [-0.25, -0.2) is 0 Å². The zero-order chi connectivity index (χ0) is 17.1. The van der Waals surface area contributed by atoms with Crippen molar-refractivity contribution in [2.24, 2.45) is 23.7 Å². The number of halogens is 1. The van der Waals surface area contributed by atoms with E-state index >= 15 is 0 Å². The Morgan fingerprint density at radius 1 is 1.25 bits per heavy atom. The molecule has 1 aromatic rings. The average Bonchev–Trinajstić information content (AvgIpc) is 2.72. The van der Waals surface area contributed by atoms with Crippen molar-refractivity contribution in [2.75, 3.05) is 0 Å². The van der Waals surface area contributed by atoms with Crippen molar-refractivity contribution in [2.45, 2.75) is 71.4 Å². The van der Waals surface area contributed by atoms with E-state index in [9.17, 15) is 4.79 Å². The lowest BCUT2D eigenvalue weighted by molar-refractivity contribution is -0.130. The van der Waals surface area contributed by atoms with E-state index in [4.69, 9.17) is 11.6 Å². The summed E-state index contributed by atoms with van der Waals surface area (Å²) in [5.41, 5.74) is 1.87. The second-order valence-electron chi connectivity index (χ2n) is 8.76. The third-order valence-corrected chi connectivity index (χ3v) is 7.16. The standard InChI is InChI=1S/C19H28ClN3O/c1-11(10-23-13(3)17(20)12(2)22-23)18(24)21-19-7-14-4-15(8-19)6-16(5-14)9-19/h11,14-16H,4-10H2,1-3H3,(H,21,24). The highest BCUT2D eigenvalue weighted by Gasteiger charge is 2.51. The van der Waals surface area contributed by atoms with Gasteiger partial charge in [-0.3, -0.25) is 9.48 Å². The van der Waals surface area contributed by atoms with E-state index in [1.54, 1.807) is 0 Å². The van der Waals surface area contributed by atoms with Crippen LogP contribution >= 0.6 is 11.6 Å². The van der Waals surface area contributed by atoms with Crippen LogP contribution in [0.5, 0.6) is 0 Å². The van der Waals surface area contributed by atoms with Crippen LogP contribution in [0.25, 0.3) is 0 Å². The molecule has 4 aliphatic rings. The van der Waals surface area contributed by atoms with E-state index in [0.717, 1.165) is 29.1 Å². The van der Waals surface area contributed by atoms with E-state index in [1.807, 2.05) is 25.5 Å². The first kappa shape index (κ1) is 16.4.